The Kier molecular flexibility index (Phi) is 4.88. The van der Waals surface area contributed by atoms with E-state index in [9.17, 15) is 4.79 Å². The molecule has 0 radical (unpaired) electrons. The van der Waals surface area contributed by atoms with Gasteiger partial charge < -0.3 is 9.73 Å². The molecule has 1 heterocycles. The molecule has 0 atom stereocenters. The molecule has 1 N–H and O–H groups in total. The third-order valence-corrected chi connectivity index (χ3v) is 4.29. The van der Waals surface area contributed by atoms with Gasteiger partial charge in [0.25, 0.3) is 0 Å². The molecule has 4 nitrogen and oxygen atoms in total. The van der Waals surface area contributed by atoms with Crippen LogP contribution in [0.5, 0.6) is 0 Å². The number of hydrogen-bond donors (Lipinski definition) is 1. The van der Waals surface area contributed by atoms with Crippen molar-refractivity contribution in [1.29, 1.82) is 0 Å². The first-order valence-corrected chi connectivity index (χ1v) is 8.66. The number of amides is 1. The van der Waals surface area contributed by atoms with E-state index in [-0.39, 0.29) is 5.91 Å². The molecular weight excluding hydrogens is 312 g/mol. The van der Waals surface area contributed by atoms with Gasteiger partial charge in [-0.05, 0) is 60.7 Å². The molecule has 130 valence electrons. The zero-order valence-corrected chi connectivity index (χ0v) is 15.2. The molecule has 0 bridgehead atoms. The quantitative estimate of drug-likeness (QED) is 0.730. The summed E-state index contributed by atoms with van der Waals surface area (Å²) in [5, 5.41) is 2.95. The van der Waals surface area contributed by atoms with Crippen molar-refractivity contribution in [3.8, 4) is 11.5 Å². The zero-order valence-electron chi connectivity index (χ0n) is 15.2. The number of benzene rings is 2. The summed E-state index contributed by atoms with van der Waals surface area (Å²) in [6, 6.07) is 12.0. The van der Waals surface area contributed by atoms with Gasteiger partial charge in [-0.25, -0.2) is 4.98 Å². The van der Waals surface area contributed by atoms with Gasteiger partial charge in [-0.2, -0.15) is 0 Å². The second-order valence-corrected chi connectivity index (χ2v) is 6.99. The Balaban J connectivity index is 1.73. The van der Waals surface area contributed by atoms with E-state index in [4.69, 9.17) is 4.42 Å². The summed E-state index contributed by atoms with van der Waals surface area (Å²) >= 11 is 0. The van der Waals surface area contributed by atoms with Crippen LogP contribution in [0.3, 0.4) is 0 Å². The SMILES string of the molecule is Cc1cc2nc(-c3ccc(CNC(=O)CC(C)C)cc3)oc2cc1C. The summed E-state index contributed by atoms with van der Waals surface area (Å²) in [4.78, 5) is 16.3. The first-order valence-electron chi connectivity index (χ1n) is 8.66. The van der Waals surface area contributed by atoms with Crippen molar-refractivity contribution in [1.82, 2.24) is 10.3 Å². The van der Waals surface area contributed by atoms with Crippen LogP contribution in [-0.4, -0.2) is 10.9 Å². The third-order valence-electron chi connectivity index (χ3n) is 4.29. The summed E-state index contributed by atoms with van der Waals surface area (Å²) in [6.07, 6.45) is 0.555. The Hall–Kier alpha value is -2.62. The highest BCUT2D eigenvalue weighted by Gasteiger charge is 2.10. The third kappa shape index (κ3) is 4.08. The maximum Gasteiger partial charge on any atom is 0.227 e. The molecule has 3 rings (SSSR count). The molecule has 0 aliphatic carbocycles. The normalized spacial score (nSPS) is 11.2. The number of rotatable bonds is 5. The molecule has 2 aromatic carbocycles. The Labute approximate surface area is 148 Å². The molecular formula is C21H24N2O2. The maximum absolute atomic E-state index is 11.7. The summed E-state index contributed by atoms with van der Waals surface area (Å²) in [6.45, 7) is 8.76. The second kappa shape index (κ2) is 7.09. The molecule has 1 aromatic heterocycles. The molecule has 3 aromatic rings. The van der Waals surface area contributed by atoms with Crippen molar-refractivity contribution in [3.05, 3.63) is 53.1 Å². The highest BCUT2D eigenvalue weighted by atomic mass is 16.3. The highest BCUT2D eigenvalue weighted by molar-refractivity contribution is 5.78. The monoisotopic (exact) mass is 336 g/mol. The second-order valence-electron chi connectivity index (χ2n) is 6.99. The molecule has 0 saturated heterocycles. The number of fused-ring (bicyclic) bond motifs is 1. The van der Waals surface area contributed by atoms with Crippen LogP contribution in [0.2, 0.25) is 0 Å². The Morgan fingerprint density at radius 2 is 1.80 bits per heavy atom. The molecule has 0 aliphatic rings. The van der Waals surface area contributed by atoms with Crippen LogP contribution < -0.4 is 5.32 Å². The zero-order chi connectivity index (χ0) is 18.0. The fraction of sp³-hybridized carbons (Fsp3) is 0.333. The lowest BCUT2D eigenvalue weighted by Gasteiger charge is -2.07. The fourth-order valence-corrected chi connectivity index (χ4v) is 2.71. The number of oxazole rings is 1. The minimum atomic E-state index is 0.0868. The van der Waals surface area contributed by atoms with E-state index in [1.807, 2.05) is 44.2 Å². The van der Waals surface area contributed by atoms with Crippen LogP contribution >= 0.6 is 0 Å². The standard InChI is InChI=1S/C21H24N2O2/c1-13(2)9-20(24)22-12-16-5-7-17(8-6-16)21-23-18-10-14(3)15(4)11-19(18)25-21/h5-8,10-11,13H,9,12H2,1-4H3,(H,22,24). The molecule has 0 fully saturated rings. The van der Waals surface area contributed by atoms with Crippen LogP contribution in [-0.2, 0) is 11.3 Å². The van der Waals surface area contributed by atoms with Crippen molar-refractivity contribution < 1.29 is 9.21 Å². The maximum atomic E-state index is 11.7. The molecule has 4 heteroatoms. The van der Waals surface area contributed by atoms with Gasteiger partial charge in [0.05, 0.1) is 0 Å². The van der Waals surface area contributed by atoms with Crippen LogP contribution in [0.15, 0.2) is 40.8 Å². The molecule has 0 unspecified atom stereocenters. The van der Waals surface area contributed by atoms with Crippen LogP contribution in [0.4, 0.5) is 0 Å². The van der Waals surface area contributed by atoms with E-state index in [0.29, 0.717) is 24.8 Å². The van der Waals surface area contributed by atoms with Crippen LogP contribution in [0.1, 0.15) is 37.0 Å². The van der Waals surface area contributed by atoms with E-state index in [1.54, 1.807) is 0 Å². The lowest BCUT2D eigenvalue weighted by molar-refractivity contribution is -0.121. The van der Waals surface area contributed by atoms with E-state index < -0.39 is 0 Å². The number of aromatic nitrogens is 1. The predicted molar refractivity (Wildman–Crippen MR) is 100 cm³/mol. The van der Waals surface area contributed by atoms with E-state index in [1.165, 1.54) is 11.1 Å². The van der Waals surface area contributed by atoms with Crippen LogP contribution in [0.25, 0.3) is 22.6 Å². The average Bonchev–Trinajstić information content (AvgIpc) is 2.96. The predicted octanol–water partition coefficient (Wildman–Crippen LogP) is 4.77. The topological polar surface area (TPSA) is 55.1 Å². The van der Waals surface area contributed by atoms with Crippen molar-refractivity contribution in [3.63, 3.8) is 0 Å². The molecule has 25 heavy (non-hydrogen) atoms. The fourth-order valence-electron chi connectivity index (χ4n) is 2.71. The minimum Gasteiger partial charge on any atom is -0.436 e. The molecule has 0 saturated carbocycles. The van der Waals surface area contributed by atoms with Gasteiger partial charge in [-0.3, -0.25) is 4.79 Å². The Morgan fingerprint density at radius 3 is 2.48 bits per heavy atom. The van der Waals surface area contributed by atoms with E-state index in [2.05, 4.69) is 30.2 Å². The first kappa shape index (κ1) is 17.2. The Bertz CT molecular complexity index is 853. The van der Waals surface area contributed by atoms with Gasteiger partial charge in [0.2, 0.25) is 11.8 Å². The van der Waals surface area contributed by atoms with Crippen molar-refractivity contribution in [2.75, 3.05) is 0 Å². The number of nitrogens with zero attached hydrogens (tertiary/aromatic N) is 1. The molecule has 0 aliphatic heterocycles. The molecule has 1 amide bonds. The van der Waals surface area contributed by atoms with Gasteiger partial charge in [0.15, 0.2) is 5.58 Å². The minimum absolute atomic E-state index is 0.0868. The van der Waals surface area contributed by atoms with Gasteiger partial charge in [-0.15, -0.1) is 0 Å². The lowest BCUT2D eigenvalue weighted by atomic mass is 10.1. The number of carbonyl (C=O) groups is 1. The smallest absolute Gasteiger partial charge is 0.227 e. The number of hydrogen-bond acceptors (Lipinski definition) is 3. The van der Waals surface area contributed by atoms with Crippen molar-refractivity contribution >= 4 is 17.0 Å². The molecule has 0 spiro atoms. The summed E-state index contributed by atoms with van der Waals surface area (Å²) in [5.74, 6) is 1.08. The van der Waals surface area contributed by atoms with Crippen LogP contribution in [0, 0.1) is 19.8 Å². The van der Waals surface area contributed by atoms with Gasteiger partial charge in [-0.1, -0.05) is 26.0 Å². The van der Waals surface area contributed by atoms with Gasteiger partial charge in [0.1, 0.15) is 5.52 Å². The van der Waals surface area contributed by atoms with Crippen molar-refractivity contribution in [2.24, 2.45) is 5.92 Å². The van der Waals surface area contributed by atoms with Gasteiger partial charge >= 0.3 is 0 Å². The van der Waals surface area contributed by atoms with E-state index >= 15 is 0 Å². The first-order chi connectivity index (χ1) is 11.9. The van der Waals surface area contributed by atoms with E-state index in [0.717, 1.165) is 22.2 Å². The number of carbonyl (C=O) groups excluding carboxylic acids is 1. The summed E-state index contributed by atoms with van der Waals surface area (Å²) in [5.41, 5.74) is 6.08. The lowest BCUT2D eigenvalue weighted by Crippen LogP contribution is -2.23. The Morgan fingerprint density at radius 1 is 1.12 bits per heavy atom. The van der Waals surface area contributed by atoms with Crippen molar-refractivity contribution in [2.45, 2.75) is 40.7 Å². The highest BCUT2D eigenvalue weighted by Crippen LogP contribution is 2.26. The summed E-state index contributed by atoms with van der Waals surface area (Å²) < 4.78 is 5.89. The summed E-state index contributed by atoms with van der Waals surface area (Å²) in [7, 11) is 0. The largest absolute Gasteiger partial charge is 0.436 e. The van der Waals surface area contributed by atoms with Gasteiger partial charge in [0, 0.05) is 18.5 Å². The average molecular weight is 336 g/mol. The number of nitrogens with one attached hydrogen (secondary N) is 1. The number of aryl methyl sites for hydroxylation is 2.